The van der Waals surface area contributed by atoms with E-state index in [4.69, 9.17) is 0 Å². The first-order valence-corrected chi connectivity index (χ1v) is 7.82. The first kappa shape index (κ1) is 16.4. The molecular weight excluding hydrogens is 280 g/mol. The lowest BCUT2D eigenvalue weighted by Crippen LogP contribution is -2.39. The summed E-state index contributed by atoms with van der Waals surface area (Å²) in [6, 6.07) is 2.98. The van der Waals surface area contributed by atoms with Crippen molar-refractivity contribution in [3.63, 3.8) is 0 Å². The summed E-state index contributed by atoms with van der Waals surface area (Å²) >= 11 is 0. The van der Waals surface area contributed by atoms with Gasteiger partial charge in [0.25, 0.3) is 0 Å². The van der Waals surface area contributed by atoms with Crippen molar-refractivity contribution < 1.29 is 13.2 Å². The fourth-order valence-electron chi connectivity index (χ4n) is 1.44. The molecule has 0 radical (unpaired) electrons. The number of nitrogens with one attached hydrogen (secondary N) is 3. The average molecular weight is 300 g/mol. The fourth-order valence-corrected chi connectivity index (χ4v) is 2.37. The predicted molar refractivity (Wildman–Crippen MR) is 76.9 cm³/mol. The van der Waals surface area contributed by atoms with Crippen molar-refractivity contribution >= 4 is 21.7 Å². The molecule has 0 fully saturated rings. The topological polar surface area (TPSA) is 100 Å². The van der Waals surface area contributed by atoms with Gasteiger partial charge in [0.2, 0.25) is 15.9 Å². The Morgan fingerprint density at radius 3 is 2.55 bits per heavy atom. The van der Waals surface area contributed by atoms with Crippen LogP contribution in [-0.4, -0.2) is 38.4 Å². The van der Waals surface area contributed by atoms with E-state index in [0.717, 1.165) is 0 Å². The maximum atomic E-state index is 11.9. The van der Waals surface area contributed by atoms with Crippen molar-refractivity contribution in [1.82, 2.24) is 15.0 Å². The molecule has 0 saturated carbocycles. The number of carbonyl (C=O) groups excluding carboxylic acids is 1. The number of rotatable bonds is 7. The molecule has 0 aromatic carbocycles. The zero-order valence-electron chi connectivity index (χ0n) is 11.8. The number of sulfonamides is 1. The van der Waals surface area contributed by atoms with Crippen LogP contribution in [0.1, 0.15) is 20.8 Å². The molecule has 0 unspecified atom stereocenters. The number of nitrogens with zero attached hydrogens (tertiary/aromatic N) is 1. The molecule has 0 aliphatic rings. The van der Waals surface area contributed by atoms with Crippen LogP contribution in [0.2, 0.25) is 0 Å². The van der Waals surface area contributed by atoms with Crippen LogP contribution in [0.4, 0.5) is 5.82 Å². The highest BCUT2D eigenvalue weighted by atomic mass is 32.2. The van der Waals surface area contributed by atoms with Crippen LogP contribution in [0.15, 0.2) is 23.2 Å². The summed E-state index contributed by atoms with van der Waals surface area (Å²) < 4.78 is 26.1. The van der Waals surface area contributed by atoms with E-state index in [1.165, 1.54) is 12.3 Å². The van der Waals surface area contributed by atoms with E-state index in [0.29, 0.717) is 12.4 Å². The molecule has 3 N–H and O–H groups in total. The number of amides is 1. The second-order valence-corrected chi connectivity index (χ2v) is 6.22. The maximum absolute atomic E-state index is 11.9. The molecule has 1 heterocycles. The van der Waals surface area contributed by atoms with Crippen molar-refractivity contribution in [2.24, 2.45) is 0 Å². The largest absolute Gasteiger partial charge is 0.370 e. The molecule has 112 valence electrons. The van der Waals surface area contributed by atoms with Crippen LogP contribution in [-0.2, 0) is 14.8 Å². The van der Waals surface area contributed by atoms with Crippen molar-refractivity contribution in [1.29, 1.82) is 0 Å². The highest BCUT2D eigenvalue weighted by Crippen LogP contribution is 2.10. The van der Waals surface area contributed by atoms with E-state index in [1.54, 1.807) is 19.9 Å². The normalized spacial score (nSPS) is 11.4. The van der Waals surface area contributed by atoms with Gasteiger partial charge in [0.1, 0.15) is 10.7 Å². The highest BCUT2D eigenvalue weighted by molar-refractivity contribution is 7.89. The Morgan fingerprint density at radius 1 is 1.35 bits per heavy atom. The summed E-state index contributed by atoms with van der Waals surface area (Å²) in [5, 5.41) is 5.57. The Morgan fingerprint density at radius 2 is 2.05 bits per heavy atom. The molecule has 8 heteroatoms. The van der Waals surface area contributed by atoms with Gasteiger partial charge in [-0.3, -0.25) is 4.79 Å². The maximum Gasteiger partial charge on any atom is 0.242 e. The van der Waals surface area contributed by atoms with Gasteiger partial charge in [0.15, 0.2) is 0 Å². The molecule has 0 aliphatic carbocycles. The first-order chi connectivity index (χ1) is 9.35. The minimum absolute atomic E-state index is 0.0245. The van der Waals surface area contributed by atoms with Crippen molar-refractivity contribution in [2.75, 3.05) is 18.4 Å². The fraction of sp³-hybridized carbons (Fsp3) is 0.500. The van der Waals surface area contributed by atoms with Crippen molar-refractivity contribution in [2.45, 2.75) is 31.7 Å². The van der Waals surface area contributed by atoms with Gasteiger partial charge in [-0.2, -0.15) is 0 Å². The molecule has 20 heavy (non-hydrogen) atoms. The number of aromatic nitrogens is 1. The first-order valence-electron chi connectivity index (χ1n) is 6.34. The lowest BCUT2D eigenvalue weighted by Gasteiger charge is -2.10. The Bertz CT molecular complexity index is 540. The molecule has 0 atom stereocenters. The molecule has 0 spiro atoms. The van der Waals surface area contributed by atoms with Gasteiger partial charge in [-0.15, -0.1) is 0 Å². The molecule has 0 bridgehead atoms. The summed E-state index contributed by atoms with van der Waals surface area (Å²) in [4.78, 5) is 15.4. The van der Waals surface area contributed by atoms with Gasteiger partial charge in [-0.25, -0.2) is 18.1 Å². The second kappa shape index (κ2) is 7.20. The molecule has 1 amide bonds. The second-order valence-electron chi connectivity index (χ2n) is 4.46. The minimum Gasteiger partial charge on any atom is -0.370 e. The quantitative estimate of drug-likeness (QED) is 0.673. The van der Waals surface area contributed by atoms with E-state index in [1.807, 2.05) is 6.92 Å². The minimum atomic E-state index is -3.72. The lowest BCUT2D eigenvalue weighted by molar-refractivity contribution is -0.120. The van der Waals surface area contributed by atoms with Crippen LogP contribution in [0.5, 0.6) is 0 Å². The van der Waals surface area contributed by atoms with Crippen LogP contribution < -0.4 is 15.4 Å². The Kier molecular flexibility index (Phi) is 5.90. The molecule has 1 rings (SSSR count). The molecule has 0 saturated heterocycles. The Labute approximate surface area is 119 Å². The van der Waals surface area contributed by atoms with Crippen LogP contribution in [0.3, 0.4) is 0 Å². The summed E-state index contributed by atoms with van der Waals surface area (Å²) in [6.45, 7) is 5.93. The van der Waals surface area contributed by atoms with E-state index >= 15 is 0 Å². The summed E-state index contributed by atoms with van der Waals surface area (Å²) in [6.07, 6.45) is 1.25. The summed E-state index contributed by atoms with van der Waals surface area (Å²) in [5.74, 6) is 0.227. The number of pyridine rings is 1. The van der Waals surface area contributed by atoms with Gasteiger partial charge >= 0.3 is 0 Å². The zero-order valence-corrected chi connectivity index (χ0v) is 12.6. The molecule has 0 aliphatic heterocycles. The Hall–Kier alpha value is -1.67. The standard InChI is InChI=1S/C12H20N4O3S/c1-4-13-11-6-5-10(7-14-11)20(18,19)15-8-12(17)16-9(2)3/h5-7,9,15H,4,8H2,1-3H3,(H,13,14)(H,16,17). The third-order valence-corrected chi connectivity index (χ3v) is 3.66. The van der Waals surface area contributed by atoms with Crippen molar-refractivity contribution in [3.05, 3.63) is 18.3 Å². The van der Waals surface area contributed by atoms with Gasteiger partial charge in [0.05, 0.1) is 6.54 Å². The summed E-state index contributed by atoms with van der Waals surface area (Å²) in [7, 11) is -3.72. The number of anilines is 1. The van der Waals surface area contributed by atoms with Gasteiger partial charge in [-0.05, 0) is 32.9 Å². The van der Waals surface area contributed by atoms with Gasteiger partial charge in [-0.1, -0.05) is 0 Å². The van der Waals surface area contributed by atoms with E-state index in [9.17, 15) is 13.2 Å². The molecule has 7 nitrogen and oxygen atoms in total. The monoisotopic (exact) mass is 300 g/mol. The van der Waals surface area contributed by atoms with Crippen molar-refractivity contribution in [3.8, 4) is 0 Å². The number of hydrogen-bond donors (Lipinski definition) is 3. The van der Waals surface area contributed by atoms with E-state index in [-0.39, 0.29) is 23.4 Å². The van der Waals surface area contributed by atoms with Gasteiger partial charge < -0.3 is 10.6 Å². The highest BCUT2D eigenvalue weighted by Gasteiger charge is 2.16. The Balaban J connectivity index is 2.66. The van der Waals surface area contributed by atoms with Crippen LogP contribution in [0, 0.1) is 0 Å². The van der Waals surface area contributed by atoms with E-state index in [2.05, 4.69) is 20.3 Å². The lowest BCUT2D eigenvalue weighted by atomic mass is 10.4. The zero-order chi connectivity index (χ0) is 15.2. The smallest absolute Gasteiger partial charge is 0.242 e. The third-order valence-electron chi connectivity index (χ3n) is 2.28. The van der Waals surface area contributed by atoms with Crippen LogP contribution in [0.25, 0.3) is 0 Å². The summed E-state index contributed by atoms with van der Waals surface area (Å²) in [5.41, 5.74) is 0. The number of carbonyl (C=O) groups is 1. The average Bonchev–Trinajstić information content (AvgIpc) is 2.37. The molecular formula is C12H20N4O3S. The van der Waals surface area contributed by atoms with Crippen LogP contribution >= 0.6 is 0 Å². The third kappa shape index (κ3) is 5.14. The molecule has 1 aromatic heterocycles. The van der Waals surface area contributed by atoms with E-state index < -0.39 is 10.0 Å². The number of hydrogen-bond acceptors (Lipinski definition) is 5. The SMILES string of the molecule is CCNc1ccc(S(=O)(=O)NCC(=O)NC(C)C)cn1. The molecule has 1 aromatic rings. The predicted octanol–water partition coefficient (Wildman–Crippen LogP) is 0.316. The van der Waals surface area contributed by atoms with Gasteiger partial charge in [0, 0.05) is 18.8 Å².